The quantitative estimate of drug-likeness (QED) is 0.915. The van der Waals surface area contributed by atoms with Crippen molar-refractivity contribution in [2.45, 2.75) is 13.0 Å². The van der Waals surface area contributed by atoms with Gasteiger partial charge in [0.15, 0.2) is 0 Å². The summed E-state index contributed by atoms with van der Waals surface area (Å²) >= 11 is 7.28. The van der Waals surface area contributed by atoms with Crippen molar-refractivity contribution in [3.63, 3.8) is 0 Å². The number of fused-ring (bicyclic) bond motifs is 1. The minimum atomic E-state index is -0.249. The molecule has 0 aliphatic rings. The third kappa shape index (κ3) is 2.54. The summed E-state index contributed by atoms with van der Waals surface area (Å²) in [4.78, 5) is 14.3. The number of nitrogens with zero attached hydrogens (tertiary/aromatic N) is 1. The minimum absolute atomic E-state index is 0.0845. The molecule has 0 spiro atoms. The van der Waals surface area contributed by atoms with Gasteiger partial charge >= 0.3 is 0 Å². The van der Waals surface area contributed by atoms with Gasteiger partial charge in [-0.05, 0) is 25.1 Å². The molecule has 0 bridgehead atoms. The average Bonchev–Trinajstić information content (AvgIpc) is 2.73. The third-order valence-corrected chi connectivity index (χ3v) is 4.54. The van der Waals surface area contributed by atoms with E-state index >= 15 is 0 Å². The van der Waals surface area contributed by atoms with Gasteiger partial charge in [0.05, 0.1) is 18.3 Å². The standard InChI is InChI=1S/C13H15ClN2O2S/c1-7(6-17)16(2)13(18)12-11(15)9-5-8(14)3-4-10(9)19-12/h3-5,7,17H,6,15H2,1-2H3. The zero-order valence-corrected chi connectivity index (χ0v) is 12.3. The lowest BCUT2D eigenvalue weighted by Gasteiger charge is -2.22. The third-order valence-electron chi connectivity index (χ3n) is 3.13. The Morgan fingerprint density at radius 1 is 1.58 bits per heavy atom. The number of aliphatic hydroxyl groups excluding tert-OH is 1. The highest BCUT2D eigenvalue weighted by Crippen LogP contribution is 2.35. The topological polar surface area (TPSA) is 66.6 Å². The molecule has 1 unspecified atom stereocenters. The van der Waals surface area contributed by atoms with Crippen molar-refractivity contribution in [3.8, 4) is 0 Å². The molecule has 1 atom stereocenters. The molecular weight excluding hydrogens is 284 g/mol. The van der Waals surface area contributed by atoms with Gasteiger partial charge < -0.3 is 15.7 Å². The first-order valence-electron chi connectivity index (χ1n) is 5.81. The van der Waals surface area contributed by atoms with Gasteiger partial charge in [0, 0.05) is 22.2 Å². The van der Waals surface area contributed by atoms with Gasteiger partial charge in [-0.15, -0.1) is 11.3 Å². The van der Waals surface area contributed by atoms with Crippen molar-refractivity contribution in [1.29, 1.82) is 0 Å². The number of hydrogen-bond donors (Lipinski definition) is 2. The number of thiophene rings is 1. The van der Waals surface area contributed by atoms with Gasteiger partial charge in [0.1, 0.15) is 4.88 Å². The van der Waals surface area contributed by atoms with E-state index < -0.39 is 0 Å². The van der Waals surface area contributed by atoms with Gasteiger partial charge in [0.2, 0.25) is 0 Å². The first-order valence-corrected chi connectivity index (χ1v) is 7.00. The summed E-state index contributed by atoms with van der Waals surface area (Å²) in [7, 11) is 1.65. The van der Waals surface area contributed by atoms with Crippen molar-refractivity contribution >= 4 is 44.6 Å². The monoisotopic (exact) mass is 298 g/mol. The van der Waals surface area contributed by atoms with Crippen LogP contribution in [-0.2, 0) is 0 Å². The molecule has 0 radical (unpaired) electrons. The molecule has 1 aromatic heterocycles. The molecule has 102 valence electrons. The fourth-order valence-corrected chi connectivity index (χ4v) is 2.99. The number of benzene rings is 1. The van der Waals surface area contributed by atoms with Crippen LogP contribution in [0.5, 0.6) is 0 Å². The molecular formula is C13H15ClN2O2S. The zero-order chi connectivity index (χ0) is 14.2. The van der Waals surface area contributed by atoms with E-state index in [0.29, 0.717) is 15.6 Å². The highest BCUT2D eigenvalue weighted by Gasteiger charge is 2.22. The number of hydrogen-bond acceptors (Lipinski definition) is 4. The minimum Gasteiger partial charge on any atom is -0.397 e. The van der Waals surface area contributed by atoms with E-state index in [2.05, 4.69) is 0 Å². The SMILES string of the molecule is CC(CO)N(C)C(=O)c1sc2ccc(Cl)cc2c1N. The molecule has 2 aromatic rings. The Hall–Kier alpha value is -1.30. The van der Waals surface area contributed by atoms with Crippen LogP contribution < -0.4 is 5.73 Å². The van der Waals surface area contributed by atoms with E-state index in [9.17, 15) is 4.79 Å². The summed E-state index contributed by atoms with van der Waals surface area (Å²) in [6.45, 7) is 1.69. The number of carbonyl (C=O) groups excluding carboxylic acids is 1. The summed E-state index contributed by atoms with van der Waals surface area (Å²) in [6, 6.07) is 5.13. The number of carbonyl (C=O) groups is 1. The average molecular weight is 299 g/mol. The van der Waals surface area contributed by atoms with Crippen molar-refractivity contribution in [3.05, 3.63) is 28.1 Å². The fraction of sp³-hybridized carbons (Fsp3) is 0.308. The Morgan fingerprint density at radius 2 is 2.26 bits per heavy atom. The molecule has 3 N–H and O–H groups in total. The van der Waals surface area contributed by atoms with Crippen LogP contribution in [0.25, 0.3) is 10.1 Å². The highest BCUT2D eigenvalue weighted by atomic mass is 35.5. The van der Waals surface area contributed by atoms with E-state index in [1.54, 1.807) is 26.1 Å². The lowest BCUT2D eigenvalue weighted by Crippen LogP contribution is -2.37. The molecule has 0 saturated carbocycles. The Balaban J connectivity index is 2.46. The molecule has 4 nitrogen and oxygen atoms in total. The molecule has 0 fully saturated rings. The maximum atomic E-state index is 12.3. The molecule has 1 heterocycles. The number of nitrogens with two attached hydrogens (primary N) is 1. The second-order valence-electron chi connectivity index (χ2n) is 4.43. The predicted molar refractivity (Wildman–Crippen MR) is 79.9 cm³/mol. The summed E-state index contributed by atoms with van der Waals surface area (Å²) in [5.74, 6) is -0.184. The number of halogens is 1. The summed E-state index contributed by atoms with van der Waals surface area (Å²) in [5, 5.41) is 10.5. The number of rotatable bonds is 3. The van der Waals surface area contributed by atoms with Crippen LogP contribution in [0.4, 0.5) is 5.69 Å². The smallest absolute Gasteiger partial charge is 0.266 e. The normalized spacial score (nSPS) is 12.6. The van der Waals surface area contributed by atoms with Crippen LogP contribution >= 0.6 is 22.9 Å². The Bertz CT molecular complexity index is 626. The van der Waals surface area contributed by atoms with Crippen LogP contribution in [0, 0.1) is 0 Å². The Morgan fingerprint density at radius 3 is 2.89 bits per heavy atom. The first-order chi connectivity index (χ1) is 8.95. The van der Waals surface area contributed by atoms with E-state index in [1.165, 1.54) is 16.2 Å². The van der Waals surface area contributed by atoms with E-state index in [0.717, 1.165) is 10.1 Å². The van der Waals surface area contributed by atoms with Gasteiger partial charge in [-0.2, -0.15) is 0 Å². The number of amides is 1. The maximum absolute atomic E-state index is 12.3. The molecule has 1 amide bonds. The van der Waals surface area contributed by atoms with Crippen molar-refractivity contribution in [2.75, 3.05) is 19.4 Å². The lowest BCUT2D eigenvalue weighted by atomic mass is 10.2. The van der Waals surface area contributed by atoms with Crippen molar-refractivity contribution in [1.82, 2.24) is 4.90 Å². The van der Waals surface area contributed by atoms with Crippen LogP contribution in [0.1, 0.15) is 16.6 Å². The lowest BCUT2D eigenvalue weighted by molar-refractivity contribution is 0.0688. The fourth-order valence-electron chi connectivity index (χ4n) is 1.73. The van der Waals surface area contributed by atoms with Gasteiger partial charge in [-0.3, -0.25) is 4.79 Å². The molecule has 2 rings (SSSR count). The Labute approximate surface area is 120 Å². The molecule has 19 heavy (non-hydrogen) atoms. The van der Waals surface area contributed by atoms with Crippen LogP contribution in [-0.4, -0.2) is 35.6 Å². The molecule has 0 aliphatic carbocycles. The summed E-state index contributed by atoms with van der Waals surface area (Å²) < 4.78 is 0.926. The van der Waals surface area contributed by atoms with Crippen molar-refractivity contribution in [2.24, 2.45) is 0 Å². The molecule has 1 aromatic carbocycles. The van der Waals surface area contributed by atoms with Gasteiger partial charge in [0.25, 0.3) is 5.91 Å². The van der Waals surface area contributed by atoms with E-state index in [-0.39, 0.29) is 18.6 Å². The second-order valence-corrected chi connectivity index (χ2v) is 5.92. The number of nitrogen functional groups attached to an aromatic ring is 1. The molecule has 0 saturated heterocycles. The van der Waals surface area contributed by atoms with E-state index in [1.807, 2.05) is 6.07 Å². The summed E-state index contributed by atoms with van der Waals surface area (Å²) in [5.41, 5.74) is 6.48. The maximum Gasteiger partial charge on any atom is 0.266 e. The Kier molecular flexibility index (Phi) is 3.99. The van der Waals surface area contributed by atoms with Crippen LogP contribution in [0.2, 0.25) is 5.02 Å². The van der Waals surface area contributed by atoms with Gasteiger partial charge in [-0.25, -0.2) is 0 Å². The van der Waals surface area contributed by atoms with Crippen molar-refractivity contribution < 1.29 is 9.90 Å². The van der Waals surface area contributed by atoms with E-state index in [4.69, 9.17) is 22.4 Å². The highest BCUT2D eigenvalue weighted by molar-refractivity contribution is 7.21. The molecule has 6 heteroatoms. The number of likely N-dealkylation sites (N-methyl/N-ethyl adjacent to an activating group) is 1. The zero-order valence-electron chi connectivity index (χ0n) is 10.7. The van der Waals surface area contributed by atoms with Crippen LogP contribution in [0.15, 0.2) is 18.2 Å². The number of aliphatic hydroxyl groups is 1. The van der Waals surface area contributed by atoms with Crippen LogP contribution in [0.3, 0.4) is 0 Å². The largest absolute Gasteiger partial charge is 0.397 e. The first kappa shape index (κ1) is 14.1. The second kappa shape index (κ2) is 5.36. The number of anilines is 1. The molecule has 0 aliphatic heterocycles. The van der Waals surface area contributed by atoms with Gasteiger partial charge in [-0.1, -0.05) is 11.6 Å². The predicted octanol–water partition coefficient (Wildman–Crippen LogP) is 2.59. The summed E-state index contributed by atoms with van der Waals surface area (Å²) in [6.07, 6.45) is 0.